The number of carbonyl (C=O) groups is 1. The molecule has 7 heteroatoms. The number of aromatic nitrogens is 2. The van der Waals surface area contributed by atoms with E-state index in [0.717, 1.165) is 21.6 Å². The average Bonchev–Trinajstić information content (AvgIpc) is 3.11. The third-order valence-electron chi connectivity index (χ3n) is 4.57. The highest BCUT2D eigenvalue weighted by Crippen LogP contribution is 2.21. The SMILES string of the molecule is CSc1cccc(NC(=O)Cn2c(COc3ccc(Cl)cc3)nc3ccccc32)c1. The van der Waals surface area contributed by atoms with Gasteiger partial charge in [0.05, 0.1) is 11.0 Å². The molecule has 4 aromatic rings. The maximum absolute atomic E-state index is 12.8. The summed E-state index contributed by atoms with van der Waals surface area (Å²) < 4.78 is 7.76. The van der Waals surface area contributed by atoms with Crippen LogP contribution >= 0.6 is 23.4 Å². The summed E-state index contributed by atoms with van der Waals surface area (Å²) in [6, 6.07) is 22.7. The first-order valence-corrected chi connectivity index (χ1v) is 11.0. The summed E-state index contributed by atoms with van der Waals surface area (Å²) in [4.78, 5) is 18.5. The fraction of sp³-hybridized carbons (Fsp3) is 0.130. The number of hydrogen-bond donors (Lipinski definition) is 1. The van der Waals surface area contributed by atoms with Gasteiger partial charge in [-0.1, -0.05) is 29.8 Å². The number of nitrogens with zero attached hydrogens (tertiary/aromatic N) is 2. The van der Waals surface area contributed by atoms with Gasteiger partial charge < -0.3 is 14.6 Å². The normalized spacial score (nSPS) is 10.9. The molecule has 0 saturated carbocycles. The number of halogens is 1. The van der Waals surface area contributed by atoms with E-state index in [1.165, 1.54) is 0 Å². The van der Waals surface area contributed by atoms with E-state index in [9.17, 15) is 4.79 Å². The second-order valence-electron chi connectivity index (χ2n) is 6.63. The molecule has 1 N–H and O–H groups in total. The Hall–Kier alpha value is -2.96. The molecule has 152 valence electrons. The molecule has 0 spiro atoms. The molecule has 3 aromatic carbocycles. The number of imidazole rings is 1. The van der Waals surface area contributed by atoms with Gasteiger partial charge in [-0.3, -0.25) is 4.79 Å². The van der Waals surface area contributed by atoms with Gasteiger partial charge in [0.25, 0.3) is 0 Å². The van der Waals surface area contributed by atoms with Crippen LogP contribution in [0.4, 0.5) is 5.69 Å². The van der Waals surface area contributed by atoms with E-state index in [2.05, 4.69) is 10.3 Å². The zero-order valence-corrected chi connectivity index (χ0v) is 17.9. The van der Waals surface area contributed by atoms with Gasteiger partial charge in [0.1, 0.15) is 24.7 Å². The molecule has 0 fully saturated rings. The Morgan fingerprint density at radius 2 is 1.90 bits per heavy atom. The minimum Gasteiger partial charge on any atom is -0.486 e. The van der Waals surface area contributed by atoms with Crippen molar-refractivity contribution in [1.82, 2.24) is 9.55 Å². The first-order valence-electron chi connectivity index (χ1n) is 9.39. The molecule has 0 aliphatic rings. The first-order chi connectivity index (χ1) is 14.6. The lowest BCUT2D eigenvalue weighted by atomic mass is 10.3. The number of rotatable bonds is 7. The number of benzene rings is 3. The summed E-state index contributed by atoms with van der Waals surface area (Å²) in [5.41, 5.74) is 2.49. The summed E-state index contributed by atoms with van der Waals surface area (Å²) in [5.74, 6) is 1.25. The molecule has 0 aliphatic heterocycles. The Balaban J connectivity index is 1.54. The Morgan fingerprint density at radius 3 is 2.70 bits per heavy atom. The summed E-state index contributed by atoms with van der Waals surface area (Å²) in [6.07, 6.45) is 2.01. The van der Waals surface area contributed by atoms with Crippen molar-refractivity contribution in [2.75, 3.05) is 11.6 Å². The summed E-state index contributed by atoms with van der Waals surface area (Å²) in [7, 11) is 0. The topological polar surface area (TPSA) is 56.2 Å². The van der Waals surface area contributed by atoms with Crippen LogP contribution in [0.1, 0.15) is 5.82 Å². The molecule has 5 nitrogen and oxygen atoms in total. The maximum atomic E-state index is 12.8. The predicted octanol–water partition coefficient (Wildman–Crippen LogP) is 5.63. The first kappa shape index (κ1) is 20.3. The average molecular weight is 438 g/mol. The van der Waals surface area contributed by atoms with Crippen LogP contribution in [0.5, 0.6) is 5.75 Å². The van der Waals surface area contributed by atoms with E-state index < -0.39 is 0 Å². The highest BCUT2D eigenvalue weighted by molar-refractivity contribution is 7.98. The van der Waals surface area contributed by atoms with E-state index in [0.29, 0.717) is 16.6 Å². The number of amides is 1. The highest BCUT2D eigenvalue weighted by atomic mass is 35.5. The number of para-hydroxylation sites is 2. The molecule has 0 aliphatic carbocycles. The highest BCUT2D eigenvalue weighted by Gasteiger charge is 2.14. The van der Waals surface area contributed by atoms with Crippen molar-refractivity contribution in [3.05, 3.63) is 83.6 Å². The summed E-state index contributed by atoms with van der Waals surface area (Å²) in [6.45, 7) is 0.384. The van der Waals surface area contributed by atoms with Gasteiger partial charge in [0.15, 0.2) is 0 Å². The van der Waals surface area contributed by atoms with Crippen LogP contribution in [0.2, 0.25) is 5.02 Å². The lowest BCUT2D eigenvalue weighted by molar-refractivity contribution is -0.116. The fourth-order valence-corrected chi connectivity index (χ4v) is 3.72. The van der Waals surface area contributed by atoms with Crippen molar-refractivity contribution in [3.63, 3.8) is 0 Å². The predicted molar refractivity (Wildman–Crippen MR) is 122 cm³/mol. The number of ether oxygens (including phenoxy) is 1. The quantitative estimate of drug-likeness (QED) is 0.381. The van der Waals surface area contributed by atoms with Gasteiger partial charge in [-0.2, -0.15) is 0 Å². The van der Waals surface area contributed by atoms with Crippen LogP contribution < -0.4 is 10.1 Å². The fourth-order valence-electron chi connectivity index (χ4n) is 3.14. The number of thioether (sulfide) groups is 1. The van der Waals surface area contributed by atoms with Gasteiger partial charge in [0, 0.05) is 15.6 Å². The molecule has 30 heavy (non-hydrogen) atoms. The molecular weight excluding hydrogens is 418 g/mol. The van der Waals surface area contributed by atoms with Crippen LogP contribution in [0.3, 0.4) is 0 Å². The van der Waals surface area contributed by atoms with Crippen LogP contribution in [0.25, 0.3) is 11.0 Å². The molecule has 0 atom stereocenters. The lowest BCUT2D eigenvalue weighted by Crippen LogP contribution is -2.20. The van der Waals surface area contributed by atoms with Crippen LogP contribution in [-0.4, -0.2) is 21.7 Å². The second kappa shape index (κ2) is 9.24. The summed E-state index contributed by atoms with van der Waals surface area (Å²) >= 11 is 7.57. The Kier molecular flexibility index (Phi) is 6.26. The zero-order chi connectivity index (χ0) is 20.9. The number of nitrogens with one attached hydrogen (secondary N) is 1. The lowest BCUT2D eigenvalue weighted by Gasteiger charge is -2.11. The zero-order valence-electron chi connectivity index (χ0n) is 16.3. The molecule has 0 unspecified atom stereocenters. The molecule has 4 rings (SSSR count). The molecule has 1 heterocycles. The van der Waals surface area contributed by atoms with Crippen molar-refractivity contribution in [3.8, 4) is 5.75 Å². The van der Waals surface area contributed by atoms with Crippen molar-refractivity contribution in [2.45, 2.75) is 18.0 Å². The van der Waals surface area contributed by atoms with Crippen LogP contribution in [0, 0.1) is 0 Å². The number of carbonyl (C=O) groups excluding carboxylic acids is 1. The summed E-state index contributed by atoms with van der Waals surface area (Å²) in [5, 5.41) is 3.62. The van der Waals surface area contributed by atoms with E-state index >= 15 is 0 Å². The van der Waals surface area contributed by atoms with E-state index in [1.807, 2.05) is 59.4 Å². The Labute approximate surface area is 184 Å². The Morgan fingerprint density at radius 1 is 1.10 bits per heavy atom. The smallest absolute Gasteiger partial charge is 0.244 e. The van der Waals surface area contributed by atoms with Gasteiger partial charge in [-0.15, -0.1) is 11.8 Å². The monoisotopic (exact) mass is 437 g/mol. The van der Waals surface area contributed by atoms with Gasteiger partial charge in [0.2, 0.25) is 5.91 Å². The molecule has 1 amide bonds. The van der Waals surface area contributed by atoms with Crippen LogP contribution in [-0.2, 0) is 17.9 Å². The van der Waals surface area contributed by atoms with Crippen molar-refractivity contribution in [1.29, 1.82) is 0 Å². The number of anilines is 1. The molecule has 0 saturated heterocycles. The van der Waals surface area contributed by atoms with Crippen molar-refractivity contribution < 1.29 is 9.53 Å². The van der Waals surface area contributed by atoms with Gasteiger partial charge >= 0.3 is 0 Å². The van der Waals surface area contributed by atoms with Gasteiger partial charge in [-0.25, -0.2) is 4.98 Å². The second-order valence-corrected chi connectivity index (χ2v) is 7.94. The standard InChI is InChI=1S/C23H20ClN3O2S/c1-30-19-6-4-5-17(13-19)25-23(28)14-27-21-8-3-2-7-20(21)26-22(27)15-29-18-11-9-16(24)10-12-18/h2-13H,14-15H2,1H3,(H,25,28). The van der Waals surface area contributed by atoms with Crippen molar-refractivity contribution >= 4 is 46.0 Å². The number of fused-ring (bicyclic) bond motifs is 1. The van der Waals surface area contributed by atoms with Crippen molar-refractivity contribution in [2.24, 2.45) is 0 Å². The minimum absolute atomic E-state index is 0.121. The molecule has 0 bridgehead atoms. The molecule has 1 aromatic heterocycles. The van der Waals surface area contributed by atoms with Crippen LogP contribution in [0.15, 0.2) is 77.7 Å². The van der Waals surface area contributed by atoms with E-state index in [4.69, 9.17) is 16.3 Å². The maximum Gasteiger partial charge on any atom is 0.244 e. The van der Waals surface area contributed by atoms with E-state index in [-0.39, 0.29) is 19.1 Å². The number of hydrogen-bond acceptors (Lipinski definition) is 4. The Bertz CT molecular complexity index is 1170. The van der Waals surface area contributed by atoms with Gasteiger partial charge in [-0.05, 0) is 60.9 Å². The van der Waals surface area contributed by atoms with E-state index in [1.54, 1.807) is 36.0 Å². The largest absolute Gasteiger partial charge is 0.486 e. The third kappa shape index (κ3) is 4.78. The molecule has 0 radical (unpaired) electrons. The third-order valence-corrected chi connectivity index (χ3v) is 5.55. The minimum atomic E-state index is -0.121. The molecular formula is C23H20ClN3O2S.